The van der Waals surface area contributed by atoms with Gasteiger partial charge in [0.2, 0.25) is 10.0 Å². The third kappa shape index (κ3) is 3.33. The molecule has 1 heterocycles. The van der Waals surface area contributed by atoms with Gasteiger partial charge in [0.05, 0.1) is 12.2 Å². The molecule has 5 nitrogen and oxygen atoms in total. The molecule has 7 heteroatoms. The van der Waals surface area contributed by atoms with Gasteiger partial charge in [-0.25, -0.2) is 8.42 Å². The topological polar surface area (TPSA) is 64.0 Å². The molecule has 0 saturated heterocycles. The number of nitrogens with zero attached hydrogens (tertiary/aromatic N) is 2. The molecule has 18 heavy (non-hydrogen) atoms. The summed E-state index contributed by atoms with van der Waals surface area (Å²) >= 11 is 2.95. The Morgan fingerprint density at radius 1 is 1.28 bits per heavy atom. The van der Waals surface area contributed by atoms with Gasteiger partial charge in [-0.2, -0.15) is 5.10 Å². The lowest BCUT2D eigenvalue weighted by Crippen LogP contribution is -2.15. The molecule has 0 aliphatic carbocycles. The largest absolute Gasteiger partial charge is 0.283 e. The number of alkyl halides is 1. The van der Waals surface area contributed by atoms with Crippen molar-refractivity contribution in [3.05, 3.63) is 48.3 Å². The van der Waals surface area contributed by atoms with Crippen molar-refractivity contribution in [2.24, 2.45) is 0 Å². The molecule has 0 aliphatic rings. The molecule has 96 valence electrons. The van der Waals surface area contributed by atoms with E-state index in [4.69, 9.17) is 0 Å². The minimum absolute atomic E-state index is 0.129. The molecule has 0 spiro atoms. The third-order valence-electron chi connectivity index (χ3n) is 2.32. The molecule has 0 saturated carbocycles. The number of halogens is 1. The maximum atomic E-state index is 11.5. The van der Waals surface area contributed by atoms with Crippen LogP contribution in [0.25, 0.3) is 0 Å². The fourth-order valence-corrected chi connectivity index (χ4v) is 2.45. The zero-order valence-electron chi connectivity index (χ0n) is 9.45. The highest BCUT2D eigenvalue weighted by molar-refractivity contribution is 9.10. The summed E-state index contributed by atoms with van der Waals surface area (Å²) in [6.45, 7) is 0.522. The van der Waals surface area contributed by atoms with E-state index in [0.717, 1.165) is 5.56 Å². The van der Waals surface area contributed by atoms with Crippen molar-refractivity contribution in [2.75, 3.05) is 9.38 Å². The van der Waals surface area contributed by atoms with E-state index in [1.165, 1.54) is 0 Å². The molecule has 0 fully saturated rings. The van der Waals surface area contributed by atoms with Crippen molar-refractivity contribution >= 4 is 31.6 Å². The van der Waals surface area contributed by atoms with Crippen LogP contribution in [0.2, 0.25) is 0 Å². The number of rotatable bonds is 5. The van der Waals surface area contributed by atoms with Crippen LogP contribution in [0.15, 0.2) is 42.7 Å². The van der Waals surface area contributed by atoms with E-state index in [-0.39, 0.29) is 4.66 Å². The lowest BCUT2D eigenvalue weighted by molar-refractivity contribution is 0.605. The molecule has 1 aromatic heterocycles. The Morgan fingerprint density at radius 3 is 2.72 bits per heavy atom. The Bertz CT molecular complexity index is 611. The number of hydrogen-bond donors (Lipinski definition) is 1. The maximum Gasteiger partial charge on any atom is 0.242 e. The molecule has 0 atom stereocenters. The Hall–Kier alpha value is -1.34. The SMILES string of the molecule is O=S(=O)(CBr)Nc1ccccc1Cn1cccn1. The van der Waals surface area contributed by atoms with Crippen molar-refractivity contribution in [1.29, 1.82) is 0 Å². The quantitative estimate of drug-likeness (QED) is 0.853. The molecular weight excluding hydrogens is 318 g/mol. The number of aromatic nitrogens is 2. The summed E-state index contributed by atoms with van der Waals surface area (Å²) in [6.07, 6.45) is 3.51. The lowest BCUT2D eigenvalue weighted by atomic mass is 10.2. The fraction of sp³-hybridized carbons (Fsp3) is 0.182. The molecule has 0 radical (unpaired) electrons. The molecule has 1 aromatic carbocycles. The van der Waals surface area contributed by atoms with Crippen LogP contribution in [0.3, 0.4) is 0 Å². The van der Waals surface area contributed by atoms with Crippen LogP contribution in [-0.4, -0.2) is 22.9 Å². The Labute approximate surface area is 114 Å². The van der Waals surface area contributed by atoms with E-state index in [9.17, 15) is 8.42 Å². The van der Waals surface area contributed by atoms with Gasteiger partial charge in [-0.1, -0.05) is 34.1 Å². The smallest absolute Gasteiger partial charge is 0.242 e. The Balaban J connectivity index is 2.26. The summed E-state index contributed by atoms with van der Waals surface area (Å²) in [7, 11) is -3.34. The summed E-state index contributed by atoms with van der Waals surface area (Å²) in [5, 5.41) is 4.10. The van der Waals surface area contributed by atoms with E-state index in [1.54, 1.807) is 23.0 Å². The first-order chi connectivity index (χ1) is 8.61. The average Bonchev–Trinajstić information content (AvgIpc) is 2.84. The lowest BCUT2D eigenvalue weighted by Gasteiger charge is -2.11. The van der Waals surface area contributed by atoms with Gasteiger partial charge in [0.1, 0.15) is 4.66 Å². The number of hydrogen-bond acceptors (Lipinski definition) is 3. The van der Waals surface area contributed by atoms with Crippen molar-refractivity contribution in [3.8, 4) is 0 Å². The number of sulfonamides is 1. The second-order valence-corrected chi connectivity index (χ2v) is 6.71. The molecule has 1 N–H and O–H groups in total. The summed E-state index contributed by atoms with van der Waals surface area (Å²) in [4.78, 5) is 0. The van der Waals surface area contributed by atoms with Crippen LogP contribution in [0.5, 0.6) is 0 Å². The van der Waals surface area contributed by atoms with E-state index < -0.39 is 10.0 Å². The van der Waals surface area contributed by atoms with E-state index in [0.29, 0.717) is 12.2 Å². The summed E-state index contributed by atoms with van der Waals surface area (Å²) in [5.74, 6) is 0. The molecule has 0 aliphatic heterocycles. The average molecular weight is 330 g/mol. The van der Waals surface area contributed by atoms with Crippen LogP contribution in [0, 0.1) is 0 Å². The molecular formula is C11H12BrN3O2S. The highest BCUT2D eigenvalue weighted by Crippen LogP contribution is 2.18. The predicted molar refractivity (Wildman–Crippen MR) is 74.1 cm³/mol. The van der Waals surface area contributed by atoms with Gasteiger partial charge in [-0.05, 0) is 17.7 Å². The fourth-order valence-electron chi connectivity index (χ4n) is 1.52. The van der Waals surface area contributed by atoms with Crippen molar-refractivity contribution in [1.82, 2.24) is 9.78 Å². The van der Waals surface area contributed by atoms with Gasteiger partial charge < -0.3 is 0 Å². The first kappa shape index (κ1) is 13.1. The van der Waals surface area contributed by atoms with Gasteiger partial charge in [0, 0.05) is 12.4 Å². The third-order valence-corrected chi connectivity index (χ3v) is 4.94. The van der Waals surface area contributed by atoms with Gasteiger partial charge >= 0.3 is 0 Å². The van der Waals surface area contributed by atoms with Crippen LogP contribution in [0.1, 0.15) is 5.56 Å². The first-order valence-corrected chi connectivity index (χ1v) is 8.00. The molecule has 0 amide bonds. The first-order valence-electron chi connectivity index (χ1n) is 5.22. The number of nitrogens with one attached hydrogen (secondary N) is 1. The van der Waals surface area contributed by atoms with E-state index in [1.807, 2.05) is 24.4 Å². The normalized spacial score (nSPS) is 11.4. The van der Waals surface area contributed by atoms with Crippen LogP contribution >= 0.6 is 15.9 Å². The molecule has 0 bridgehead atoms. The Morgan fingerprint density at radius 2 is 2.06 bits per heavy atom. The van der Waals surface area contributed by atoms with Gasteiger partial charge in [0.15, 0.2) is 0 Å². The Kier molecular flexibility index (Phi) is 4.03. The van der Waals surface area contributed by atoms with Crippen molar-refractivity contribution in [3.63, 3.8) is 0 Å². The number of para-hydroxylation sites is 1. The second-order valence-electron chi connectivity index (χ2n) is 3.69. The monoisotopic (exact) mass is 329 g/mol. The van der Waals surface area contributed by atoms with E-state index >= 15 is 0 Å². The summed E-state index contributed by atoms with van der Waals surface area (Å²) in [5.41, 5.74) is 1.44. The molecule has 0 unspecified atom stereocenters. The minimum atomic E-state index is -3.34. The van der Waals surface area contributed by atoms with Crippen LogP contribution in [0.4, 0.5) is 5.69 Å². The second kappa shape index (κ2) is 5.53. The summed E-state index contributed by atoms with van der Waals surface area (Å²) < 4.78 is 27.2. The highest BCUT2D eigenvalue weighted by Gasteiger charge is 2.10. The minimum Gasteiger partial charge on any atom is -0.283 e. The van der Waals surface area contributed by atoms with Gasteiger partial charge in [-0.15, -0.1) is 0 Å². The maximum absolute atomic E-state index is 11.5. The van der Waals surface area contributed by atoms with Crippen LogP contribution in [-0.2, 0) is 16.6 Å². The summed E-state index contributed by atoms with van der Waals surface area (Å²) in [6, 6.07) is 9.08. The van der Waals surface area contributed by atoms with Crippen LogP contribution < -0.4 is 4.72 Å². The van der Waals surface area contributed by atoms with Crippen molar-refractivity contribution < 1.29 is 8.42 Å². The van der Waals surface area contributed by atoms with Gasteiger partial charge in [0.25, 0.3) is 0 Å². The van der Waals surface area contributed by atoms with Crippen molar-refractivity contribution in [2.45, 2.75) is 6.54 Å². The predicted octanol–water partition coefficient (Wildman–Crippen LogP) is 2.03. The zero-order chi connectivity index (χ0) is 13.0. The molecule has 2 aromatic rings. The highest BCUT2D eigenvalue weighted by atomic mass is 79.9. The molecule has 2 rings (SSSR count). The number of benzene rings is 1. The van der Waals surface area contributed by atoms with E-state index in [2.05, 4.69) is 25.8 Å². The van der Waals surface area contributed by atoms with Gasteiger partial charge in [-0.3, -0.25) is 9.40 Å². The zero-order valence-corrected chi connectivity index (χ0v) is 11.9. The standard InChI is InChI=1S/C11H12BrN3O2S/c12-9-18(16,17)14-11-5-2-1-4-10(11)8-15-7-3-6-13-15/h1-7,14H,8-9H2. The number of anilines is 1.